The minimum Gasteiger partial charge on any atom is -0.508 e. The molecule has 1 rings (SSSR count). The maximum atomic E-state index is 9.60. The number of hydrogen-bond acceptors (Lipinski definition) is 4. The lowest BCUT2D eigenvalue weighted by atomic mass is 10.1. The number of aromatic hydroxyl groups is 1. The van der Waals surface area contributed by atoms with Crippen LogP contribution < -0.4 is 5.32 Å². The van der Waals surface area contributed by atoms with E-state index in [0.717, 1.165) is 25.5 Å². The van der Waals surface area contributed by atoms with Gasteiger partial charge in [0.15, 0.2) is 0 Å². The van der Waals surface area contributed by atoms with E-state index in [1.807, 2.05) is 19.2 Å². The first-order valence-electron chi connectivity index (χ1n) is 6.63. The highest BCUT2D eigenvalue weighted by molar-refractivity contribution is 5.48. The Morgan fingerprint density at radius 2 is 1.89 bits per heavy atom. The van der Waals surface area contributed by atoms with Gasteiger partial charge in [-0.1, -0.05) is 12.1 Å². The molecule has 0 radical (unpaired) electrons. The third-order valence-electron chi connectivity index (χ3n) is 2.70. The van der Waals surface area contributed by atoms with Gasteiger partial charge in [-0.15, -0.1) is 0 Å². The third-order valence-corrected chi connectivity index (χ3v) is 2.70. The van der Waals surface area contributed by atoms with Crippen LogP contribution in [0.25, 0.3) is 0 Å². The SMILES string of the molecule is CN[C@H](C)Cc1ccc(O)cc1.O=CCCCCO. The summed E-state index contributed by atoms with van der Waals surface area (Å²) in [6, 6.07) is 7.82. The van der Waals surface area contributed by atoms with Crippen LogP contribution in [0.3, 0.4) is 0 Å². The Kier molecular flexibility index (Phi) is 10.8. The molecule has 3 N–H and O–H groups in total. The van der Waals surface area contributed by atoms with Crippen molar-refractivity contribution in [1.29, 1.82) is 0 Å². The highest BCUT2D eigenvalue weighted by Gasteiger charge is 1.99. The largest absolute Gasteiger partial charge is 0.508 e. The number of carbonyl (C=O) groups excluding carboxylic acids is 1. The van der Waals surface area contributed by atoms with E-state index < -0.39 is 0 Å². The number of aldehydes is 1. The smallest absolute Gasteiger partial charge is 0.119 e. The van der Waals surface area contributed by atoms with Gasteiger partial charge in [-0.3, -0.25) is 0 Å². The number of phenols is 1. The summed E-state index contributed by atoms with van der Waals surface area (Å²) in [5.41, 5.74) is 1.25. The number of benzene rings is 1. The van der Waals surface area contributed by atoms with Gasteiger partial charge in [0, 0.05) is 19.1 Å². The van der Waals surface area contributed by atoms with Crippen molar-refractivity contribution in [2.24, 2.45) is 0 Å². The number of unbranched alkanes of at least 4 members (excludes halogenated alkanes) is 2. The fraction of sp³-hybridized carbons (Fsp3) is 0.533. The quantitative estimate of drug-likeness (QED) is 0.521. The fourth-order valence-corrected chi connectivity index (χ4v) is 1.43. The summed E-state index contributed by atoms with van der Waals surface area (Å²) in [6.45, 7) is 2.33. The van der Waals surface area contributed by atoms with Crippen molar-refractivity contribution in [1.82, 2.24) is 5.32 Å². The van der Waals surface area contributed by atoms with Gasteiger partial charge in [-0.25, -0.2) is 0 Å². The van der Waals surface area contributed by atoms with E-state index in [2.05, 4.69) is 12.2 Å². The molecule has 0 aliphatic carbocycles. The number of likely N-dealkylation sites (N-methyl/N-ethyl adjacent to an activating group) is 1. The van der Waals surface area contributed by atoms with Crippen molar-refractivity contribution in [2.75, 3.05) is 13.7 Å². The van der Waals surface area contributed by atoms with Crippen LogP contribution in [0.2, 0.25) is 0 Å². The van der Waals surface area contributed by atoms with E-state index in [4.69, 9.17) is 10.2 Å². The molecule has 1 aromatic carbocycles. The molecular weight excluding hydrogens is 242 g/mol. The maximum absolute atomic E-state index is 9.60. The lowest BCUT2D eigenvalue weighted by Gasteiger charge is -2.09. The number of aliphatic hydroxyl groups is 1. The first kappa shape index (κ1) is 17.6. The Balaban J connectivity index is 0.000000399. The minimum atomic E-state index is 0.202. The normalized spacial score (nSPS) is 11.3. The predicted molar refractivity (Wildman–Crippen MR) is 77.3 cm³/mol. The molecular formula is C15H25NO3. The van der Waals surface area contributed by atoms with Gasteiger partial charge in [0.2, 0.25) is 0 Å². The average Bonchev–Trinajstić information content (AvgIpc) is 2.42. The average molecular weight is 267 g/mol. The predicted octanol–water partition coefficient (Wildman–Crippen LogP) is 1.89. The summed E-state index contributed by atoms with van der Waals surface area (Å²) in [7, 11) is 1.95. The Labute approximate surface area is 115 Å². The molecule has 1 atom stereocenters. The van der Waals surface area contributed by atoms with Crippen LogP contribution in [-0.2, 0) is 11.2 Å². The van der Waals surface area contributed by atoms with Crippen LogP contribution in [-0.4, -0.2) is 36.2 Å². The van der Waals surface area contributed by atoms with Gasteiger partial charge in [-0.2, -0.15) is 0 Å². The van der Waals surface area contributed by atoms with Crippen molar-refractivity contribution in [3.05, 3.63) is 29.8 Å². The highest BCUT2D eigenvalue weighted by atomic mass is 16.3. The second kappa shape index (κ2) is 11.7. The van der Waals surface area contributed by atoms with Crippen LogP contribution in [0.15, 0.2) is 24.3 Å². The molecule has 0 bridgehead atoms. The summed E-state index contributed by atoms with van der Waals surface area (Å²) >= 11 is 0. The van der Waals surface area contributed by atoms with E-state index >= 15 is 0 Å². The molecule has 0 amide bonds. The molecule has 0 heterocycles. The van der Waals surface area contributed by atoms with Crippen molar-refractivity contribution < 1.29 is 15.0 Å². The zero-order valence-corrected chi connectivity index (χ0v) is 11.8. The van der Waals surface area contributed by atoms with Crippen molar-refractivity contribution in [2.45, 2.75) is 38.6 Å². The molecule has 0 fully saturated rings. The number of nitrogens with one attached hydrogen (secondary N) is 1. The second-order valence-corrected chi connectivity index (χ2v) is 4.45. The summed E-state index contributed by atoms with van der Waals surface area (Å²) < 4.78 is 0. The first-order valence-corrected chi connectivity index (χ1v) is 6.63. The molecule has 4 heteroatoms. The molecule has 0 aliphatic rings. The molecule has 4 nitrogen and oxygen atoms in total. The number of phenolic OH excluding ortho intramolecular Hbond substituents is 1. The first-order chi connectivity index (χ1) is 9.13. The van der Waals surface area contributed by atoms with E-state index in [9.17, 15) is 4.79 Å². The van der Waals surface area contributed by atoms with Crippen molar-refractivity contribution >= 4 is 6.29 Å². The number of rotatable bonds is 7. The van der Waals surface area contributed by atoms with E-state index in [1.165, 1.54) is 5.56 Å². The zero-order chi connectivity index (χ0) is 14.5. The lowest BCUT2D eigenvalue weighted by molar-refractivity contribution is -0.107. The minimum absolute atomic E-state index is 0.202. The molecule has 19 heavy (non-hydrogen) atoms. The van der Waals surface area contributed by atoms with Crippen molar-refractivity contribution in [3.63, 3.8) is 0 Å². The van der Waals surface area contributed by atoms with Crippen molar-refractivity contribution in [3.8, 4) is 5.75 Å². The van der Waals surface area contributed by atoms with Crippen LogP contribution in [0.4, 0.5) is 0 Å². The van der Waals surface area contributed by atoms with Gasteiger partial charge in [0.25, 0.3) is 0 Å². The molecule has 1 aromatic rings. The van der Waals surface area contributed by atoms with Gasteiger partial charge in [0.05, 0.1) is 0 Å². The second-order valence-electron chi connectivity index (χ2n) is 4.45. The van der Waals surface area contributed by atoms with E-state index in [0.29, 0.717) is 18.2 Å². The Morgan fingerprint density at radius 1 is 1.26 bits per heavy atom. The summed E-state index contributed by atoms with van der Waals surface area (Å²) in [6.07, 6.45) is 4.02. The molecule has 0 spiro atoms. The Morgan fingerprint density at radius 3 is 2.37 bits per heavy atom. The van der Waals surface area contributed by atoms with Crippen LogP contribution in [0.5, 0.6) is 5.75 Å². The standard InChI is InChI=1S/C10H15NO.C5H10O2/c1-8(11-2)7-9-3-5-10(12)6-4-9;6-4-2-1-3-5-7/h3-6,8,11-12H,7H2,1-2H3;4,7H,1-3,5H2/t8-;/m1./s1. The molecule has 0 unspecified atom stereocenters. The van der Waals surface area contributed by atoms with Crippen LogP contribution in [0.1, 0.15) is 31.7 Å². The summed E-state index contributed by atoms with van der Waals surface area (Å²) in [5.74, 6) is 0.330. The monoisotopic (exact) mass is 267 g/mol. The molecule has 0 aliphatic heterocycles. The molecule has 0 saturated heterocycles. The summed E-state index contributed by atoms with van der Waals surface area (Å²) in [5, 5.41) is 20.4. The summed E-state index contributed by atoms with van der Waals surface area (Å²) in [4.78, 5) is 9.60. The lowest BCUT2D eigenvalue weighted by Crippen LogP contribution is -2.23. The fourth-order valence-electron chi connectivity index (χ4n) is 1.43. The number of carbonyl (C=O) groups is 1. The van der Waals surface area contributed by atoms with Gasteiger partial charge in [-0.05, 0) is 50.9 Å². The van der Waals surface area contributed by atoms with Gasteiger partial charge < -0.3 is 20.3 Å². The zero-order valence-electron chi connectivity index (χ0n) is 11.8. The Hall–Kier alpha value is -1.39. The van der Waals surface area contributed by atoms with Crippen LogP contribution >= 0.6 is 0 Å². The number of aliphatic hydroxyl groups excluding tert-OH is 1. The molecule has 0 saturated carbocycles. The third kappa shape index (κ3) is 10.2. The number of hydrogen-bond donors (Lipinski definition) is 3. The highest BCUT2D eigenvalue weighted by Crippen LogP contribution is 2.10. The molecule has 108 valence electrons. The topological polar surface area (TPSA) is 69.6 Å². The van der Waals surface area contributed by atoms with E-state index in [-0.39, 0.29) is 6.61 Å². The van der Waals surface area contributed by atoms with E-state index in [1.54, 1.807) is 12.1 Å². The van der Waals surface area contributed by atoms with Crippen LogP contribution in [0, 0.1) is 0 Å². The molecule has 0 aromatic heterocycles. The van der Waals surface area contributed by atoms with Gasteiger partial charge in [0.1, 0.15) is 12.0 Å². The Bertz CT molecular complexity index is 325. The maximum Gasteiger partial charge on any atom is 0.119 e. The van der Waals surface area contributed by atoms with Gasteiger partial charge >= 0.3 is 0 Å².